The standard InChI is InChI=1S/C94H111NO24/c1-7-48-103-90-76(95-63(5)97)84(77(99)74(49-96)114-90)117-94-89(113-64(6)98)87(81(62(4)112-94)106-54-69-40-24-12-25-41-69)119-92-82(73(58-101-50-65-32-16-8-17-33-65)79(60(2)111-92)104-52-67-36-20-10-21-37-67)116-91-78(100)85(80(61(3)110-91)105-53-68-38-22-11-23-39-68)118-93-88(109-57-72-46-30-15-31-47-72)86(108-56-71-44-28-14-29-45-71)83(107-55-70-42-26-13-27-43-70)75(115-93)59-102-51-66-34-18-9-19-35-66/h7-47,60-62,73-94,96,99-100H,1,48-59H2,2-6H3,(H,95,97)/t60-,61-,62-,73+,74+,75-,76+,77+,78+,79-,80-,81-,82+,83-,84+,85-,86+,87+,88+,89+,90+,91-,92-,93-,94-/m0/s1. The van der Waals surface area contributed by atoms with Crippen LogP contribution in [0.3, 0.4) is 0 Å². The van der Waals surface area contributed by atoms with Crippen molar-refractivity contribution >= 4 is 11.9 Å². The SMILES string of the molecule is C=CCO[C@@H]1O[C@H](CO)[C@@H](O)[C@H](O[C@@H]2O[C@@H](C)[C@H](OCc3ccccc3)[C@@H](O[C@@H]3O[C@@H](C)[C@H](OCc4ccccc4)[C@@H](COCc4ccccc4)[C@H]3O[C@@H]3O[C@@H](C)[C@H](OCc4ccccc4)[C@@H](O[C@@H]4O[C@@H](COCc5ccccc5)[C@H](OCc5ccccc5)[C@@H](OCc5ccccc5)[C@H]4OCc4ccccc4)[C@H]3O)[C@H]2OC(C)=O)[C@H]1NC(C)=O. The van der Waals surface area contributed by atoms with Gasteiger partial charge in [-0.15, -0.1) is 6.58 Å². The Hall–Kier alpha value is -8.40. The van der Waals surface area contributed by atoms with Gasteiger partial charge >= 0.3 is 5.97 Å². The molecule has 25 nitrogen and oxygen atoms in total. The zero-order valence-corrected chi connectivity index (χ0v) is 67.7. The topological polar surface area (TPSA) is 282 Å². The van der Waals surface area contributed by atoms with Gasteiger partial charge in [0.2, 0.25) is 5.91 Å². The van der Waals surface area contributed by atoms with Gasteiger partial charge in [0, 0.05) is 19.8 Å². The fourth-order valence-corrected chi connectivity index (χ4v) is 15.7. The maximum Gasteiger partial charge on any atom is 0.303 e. The summed E-state index contributed by atoms with van der Waals surface area (Å²) >= 11 is 0. The first-order chi connectivity index (χ1) is 58.1. The van der Waals surface area contributed by atoms with Crippen molar-refractivity contribution in [3.63, 3.8) is 0 Å². The van der Waals surface area contributed by atoms with Crippen LogP contribution in [0.15, 0.2) is 255 Å². The molecule has 4 N–H and O–H groups in total. The van der Waals surface area contributed by atoms with Gasteiger partial charge in [0.05, 0.1) is 104 Å². The minimum Gasteiger partial charge on any atom is -0.454 e. The van der Waals surface area contributed by atoms with Crippen LogP contribution in [0.2, 0.25) is 0 Å². The number of amides is 1. The highest BCUT2D eigenvalue weighted by Gasteiger charge is 2.59. The van der Waals surface area contributed by atoms with E-state index >= 15 is 0 Å². The molecule has 0 radical (unpaired) electrons. The number of rotatable bonds is 40. The molecule has 5 aliphatic rings. The summed E-state index contributed by atoms with van der Waals surface area (Å²) in [5.74, 6) is -2.23. The average Bonchev–Trinajstić information content (AvgIpc) is 0.762. The van der Waals surface area contributed by atoms with Crippen molar-refractivity contribution in [3.05, 3.63) is 300 Å². The highest BCUT2D eigenvalue weighted by atomic mass is 16.8. The fraction of sp³-hybridized carbons (Fsp3) is 0.447. The Morgan fingerprint density at radius 2 is 0.697 bits per heavy atom. The molecule has 5 heterocycles. The predicted octanol–water partition coefficient (Wildman–Crippen LogP) is 11.1. The zero-order valence-electron chi connectivity index (χ0n) is 67.7. The van der Waals surface area contributed by atoms with Gasteiger partial charge in [-0.2, -0.15) is 0 Å². The molecule has 5 saturated heterocycles. The summed E-state index contributed by atoms with van der Waals surface area (Å²) in [5.41, 5.74) is 6.87. The Morgan fingerprint density at radius 1 is 0.353 bits per heavy atom. The third kappa shape index (κ3) is 24.5. The molecule has 5 aliphatic heterocycles. The molecule has 0 spiro atoms. The lowest BCUT2D eigenvalue weighted by atomic mass is 9.88. The molecular formula is C94H111NO24. The molecule has 25 heteroatoms. The van der Waals surface area contributed by atoms with Crippen molar-refractivity contribution in [3.8, 4) is 0 Å². The summed E-state index contributed by atoms with van der Waals surface area (Å²) in [6.45, 7) is 11.7. The highest BCUT2D eigenvalue weighted by Crippen LogP contribution is 2.42. The van der Waals surface area contributed by atoms with Crippen LogP contribution in [0.25, 0.3) is 0 Å². The summed E-state index contributed by atoms with van der Waals surface area (Å²) in [6, 6.07) is 76.2. The van der Waals surface area contributed by atoms with Crippen molar-refractivity contribution in [1.29, 1.82) is 0 Å². The van der Waals surface area contributed by atoms with E-state index in [2.05, 4.69) is 11.9 Å². The summed E-state index contributed by atoms with van der Waals surface area (Å²) in [4.78, 5) is 27.2. The number of nitrogens with one attached hydrogen (secondary N) is 1. The number of aliphatic hydroxyl groups is 3. The Balaban J connectivity index is 0.917. The smallest absolute Gasteiger partial charge is 0.303 e. The number of carbonyl (C=O) groups is 2. The van der Waals surface area contributed by atoms with Gasteiger partial charge in [-0.3, -0.25) is 9.59 Å². The van der Waals surface area contributed by atoms with Crippen molar-refractivity contribution in [2.45, 2.75) is 235 Å². The first kappa shape index (κ1) is 88.4. The van der Waals surface area contributed by atoms with Crippen LogP contribution < -0.4 is 5.32 Å². The number of ether oxygens (including phenoxy) is 19. The molecule has 25 atom stereocenters. The molecule has 0 unspecified atom stereocenters. The summed E-state index contributed by atoms with van der Waals surface area (Å²) < 4.78 is 133. The maximum absolute atomic E-state index is 14.0. The van der Waals surface area contributed by atoms with Crippen LogP contribution in [-0.2, 0) is 152 Å². The molecule has 8 aromatic carbocycles. The van der Waals surface area contributed by atoms with Crippen LogP contribution in [-0.4, -0.2) is 201 Å². The first-order valence-corrected chi connectivity index (χ1v) is 40.8. The van der Waals surface area contributed by atoms with E-state index in [1.807, 2.05) is 257 Å². The first-order valence-electron chi connectivity index (χ1n) is 40.8. The lowest BCUT2D eigenvalue weighted by molar-refractivity contribution is -0.401. The lowest BCUT2D eigenvalue weighted by Crippen LogP contribution is -2.69. The van der Waals surface area contributed by atoms with E-state index < -0.39 is 172 Å². The summed E-state index contributed by atoms with van der Waals surface area (Å²) in [5, 5.41) is 39.7. The minimum atomic E-state index is -1.79. The minimum absolute atomic E-state index is 0.00511. The van der Waals surface area contributed by atoms with E-state index in [-0.39, 0.29) is 72.7 Å². The Morgan fingerprint density at radius 3 is 1.13 bits per heavy atom. The third-order valence-electron chi connectivity index (χ3n) is 21.6. The predicted molar refractivity (Wildman–Crippen MR) is 434 cm³/mol. The fourth-order valence-electron chi connectivity index (χ4n) is 15.7. The molecule has 119 heavy (non-hydrogen) atoms. The molecule has 13 rings (SSSR count). The molecule has 636 valence electrons. The van der Waals surface area contributed by atoms with E-state index in [1.165, 1.54) is 19.9 Å². The van der Waals surface area contributed by atoms with Gasteiger partial charge in [0.1, 0.15) is 85.4 Å². The van der Waals surface area contributed by atoms with E-state index in [0.717, 1.165) is 44.5 Å². The van der Waals surface area contributed by atoms with Gasteiger partial charge in [0.25, 0.3) is 0 Å². The third-order valence-corrected chi connectivity index (χ3v) is 21.6. The Labute approximate surface area is 695 Å². The molecule has 0 bridgehead atoms. The van der Waals surface area contributed by atoms with Crippen molar-refractivity contribution in [2.24, 2.45) is 5.92 Å². The monoisotopic (exact) mass is 1640 g/mol. The number of hydrogen-bond donors (Lipinski definition) is 4. The lowest BCUT2D eigenvalue weighted by Gasteiger charge is -2.52. The molecule has 0 aliphatic carbocycles. The number of esters is 1. The largest absolute Gasteiger partial charge is 0.454 e. The number of benzene rings is 8. The van der Waals surface area contributed by atoms with Gasteiger partial charge < -0.3 is 111 Å². The van der Waals surface area contributed by atoms with E-state index in [4.69, 9.17) is 90.0 Å². The molecule has 5 fully saturated rings. The molecule has 8 aromatic rings. The van der Waals surface area contributed by atoms with Gasteiger partial charge in [-0.25, -0.2) is 0 Å². The second-order valence-electron chi connectivity index (χ2n) is 30.4. The normalized spacial score (nSPS) is 30.9. The molecule has 0 saturated carbocycles. The van der Waals surface area contributed by atoms with Crippen LogP contribution >= 0.6 is 0 Å². The molecule has 1 amide bonds. The van der Waals surface area contributed by atoms with Gasteiger partial charge in [0.15, 0.2) is 37.6 Å². The molecule has 0 aromatic heterocycles. The number of hydrogen-bond acceptors (Lipinski definition) is 24. The van der Waals surface area contributed by atoms with E-state index in [9.17, 15) is 24.9 Å². The van der Waals surface area contributed by atoms with Crippen LogP contribution in [0.5, 0.6) is 0 Å². The zero-order chi connectivity index (χ0) is 82.8. The maximum atomic E-state index is 14.0. The number of aliphatic hydroxyl groups excluding tert-OH is 3. The quantitative estimate of drug-likeness (QED) is 0.0205. The molecular weight excluding hydrogens is 1530 g/mol. The van der Waals surface area contributed by atoms with Gasteiger partial charge in [-0.05, 0) is 65.3 Å². The Bertz CT molecular complexity index is 4250. The van der Waals surface area contributed by atoms with Gasteiger partial charge in [-0.1, -0.05) is 249 Å². The van der Waals surface area contributed by atoms with Crippen molar-refractivity contribution in [2.75, 3.05) is 26.4 Å². The van der Waals surface area contributed by atoms with Crippen LogP contribution in [0.1, 0.15) is 79.1 Å². The second-order valence-corrected chi connectivity index (χ2v) is 30.4. The van der Waals surface area contributed by atoms with E-state index in [0.29, 0.717) is 0 Å². The highest BCUT2D eigenvalue weighted by molar-refractivity contribution is 5.73. The average molecular weight is 1640 g/mol. The van der Waals surface area contributed by atoms with Crippen molar-refractivity contribution < 1.29 is 115 Å². The summed E-state index contributed by atoms with van der Waals surface area (Å²) in [6.07, 6.45) is -28.0. The van der Waals surface area contributed by atoms with Crippen LogP contribution in [0, 0.1) is 5.92 Å². The van der Waals surface area contributed by atoms with E-state index in [1.54, 1.807) is 6.92 Å². The number of carbonyl (C=O) groups excluding carboxylic acids is 2. The van der Waals surface area contributed by atoms with Crippen molar-refractivity contribution in [1.82, 2.24) is 5.32 Å². The summed E-state index contributed by atoms with van der Waals surface area (Å²) in [7, 11) is 0. The second kappa shape index (κ2) is 44.9. The van der Waals surface area contributed by atoms with Crippen LogP contribution in [0.4, 0.5) is 0 Å². The Kier molecular flexibility index (Phi) is 33.4.